The molecule has 0 saturated carbocycles. The minimum atomic E-state index is -0.0281. The average Bonchev–Trinajstić information content (AvgIpc) is 2.37. The number of amides is 1. The molecule has 2 rings (SSSR count). The molecule has 1 aliphatic carbocycles. The van der Waals surface area contributed by atoms with E-state index in [9.17, 15) is 4.79 Å². The summed E-state index contributed by atoms with van der Waals surface area (Å²) in [5.41, 5.74) is 0.505. The van der Waals surface area contributed by atoms with Crippen LogP contribution in [-0.2, 0) is 4.79 Å². The molecule has 0 saturated heterocycles. The number of nitrogens with one attached hydrogen (secondary N) is 1. The van der Waals surface area contributed by atoms with Crippen molar-refractivity contribution in [3.05, 3.63) is 39.4 Å². The molecule has 0 aromatic heterocycles. The maximum atomic E-state index is 12.0. The Labute approximate surface area is 121 Å². The number of anilines is 1. The first-order chi connectivity index (χ1) is 8.58. The van der Waals surface area contributed by atoms with Gasteiger partial charge in [0.2, 0.25) is 5.91 Å². The first-order valence-electron chi connectivity index (χ1n) is 5.68. The smallest absolute Gasteiger partial charge is 0.227 e. The Kier molecular flexibility index (Phi) is 4.55. The maximum absolute atomic E-state index is 12.0. The molecule has 1 unspecified atom stereocenters. The molecule has 0 radical (unpaired) electrons. The molecule has 5 heteroatoms. The van der Waals surface area contributed by atoms with Crippen molar-refractivity contribution in [3.63, 3.8) is 0 Å². The van der Waals surface area contributed by atoms with E-state index in [2.05, 4.69) is 11.4 Å². The van der Waals surface area contributed by atoms with Crippen LogP contribution in [0.3, 0.4) is 0 Å². The Morgan fingerprint density at radius 2 is 1.83 bits per heavy atom. The van der Waals surface area contributed by atoms with Gasteiger partial charge in [0.15, 0.2) is 0 Å². The predicted octanol–water partition coefficient (Wildman–Crippen LogP) is 4.94. The molecule has 1 amide bonds. The molecule has 0 aliphatic heterocycles. The van der Waals surface area contributed by atoms with Crippen LogP contribution in [0.5, 0.6) is 0 Å². The van der Waals surface area contributed by atoms with Crippen LogP contribution >= 0.6 is 34.8 Å². The third-order valence-corrected chi connectivity index (χ3v) is 3.94. The fourth-order valence-corrected chi connectivity index (χ4v) is 2.48. The molecule has 2 nitrogen and oxygen atoms in total. The molecule has 18 heavy (non-hydrogen) atoms. The molecule has 1 aromatic carbocycles. The number of hydrogen-bond acceptors (Lipinski definition) is 1. The Morgan fingerprint density at radius 1 is 1.11 bits per heavy atom. The lowest BCUT2D eigenvalue weighted by molar-refractivity contribution is -0.120. The zero-order chi connectivity index (χ0) is 13.1. The largest absolute Gasteiger partial charge is 0.324 e. The Hall–Kier alpha value is -0.700. The molecule has 1 aromatic rings. The summed E-state index contributed by atoms with van der Waals surface area (Å²) in [6.07, 6.45) is 6.69. The number of allylic oxidation sites excluding steroid dienone is 2. The van der Waals surface area contributed by atoms with Crippen molar-refractivity contribution in [2.75, 3.05) is 5.32 Å². The van der Waals surface area contributed by atoms with E-state index < -0.39 is 0 Å². The molecule has 1 atom stereocenters. The van der Waals surface area contributed by atoms with Gasteiger partial charge in [0.1, 0.15) is 0 Å². The second-order valence-corrected chi connectivity index (χ2v) is 5.44. The molecule has 0 heterocycles. The van der Waals surface area contributed by atoms with E-state index in [4.69, 9.17) is 34.8 Å². The van der Waals surface area contributed by atoms with Gasteiger partial charge in [-0.1, -0.05) is 47.0 Å². The first-order valence-corrected chi connectivity index (χ1v) is 6.81. The van der Waals surface area contributed by atoms with Gasteiger partial charge < -0.3 is 5.32 Å². The topological polar surface area (TPSA) is 29.1 Å². The van der Waals surface area contributed by atoms with Crippen molar-refractivity contribution < 1.29 is 4.79 Å². The third kappa shape index (κ3) is 3.19. The molecule has 0 bridgehead atoms. The zero-order valence-corrected chi connectivity index (χ0v) is 11.8. The fraction of sp³-hybridized carbons (Fsp3) is 0.308. The second-order valence-electron chi connectivity index (χ2n) is 4.22. The van der Waals surface area contributed by atoms with Gasteiger partial charge in [0.05, 0.1) is 20.8 Å². The van der Waals surface area contributed by atoms with Crippen LogP contribution in [0.25, 0.3) is 0 Å². The van der Waals surface area contributed by atoms with Gasteiger partial charge >= 0.3 is 0 Å². The van der Waals surface area contributed by atoms with E-state index in [0.717, 1.165) is 19.3 Å². The number of carbonyl (C=O) groups is 1. The van der Waals surface area contributed by atoms with Crippen molar-refractivity contribution in [2.24, 2.45) is 5.92 Å². The summed E-state index contributed by atoms with van der Waals surface area (Å²) < 4.78 is 0. The van der Waals surface area contributed by atoms with Crippen LogP contribution in [0.15, 0.2) is 24.3 Å². The summed E-state index contributed by atoms with van der Waals surface area (Å²) in [4.78, 5) is 12.0. The van der Waals surface area contributed by atoms with Crippen molar-refractivity contribution in [1.82, 2.24) is 0 Å². The normalized spacial score (nSPS) is 18.7. The first kappa shape index (κ1) is 13.7. The summed E-state index contributed by atoms with van der Waals surface area (Å²) in [5.74, 6) is -0.0276. The quantitative estimate of drug-likeness (QED) is 0.608. The van der Waals surface area contributed by atoms with Gasteiger partial charge in [-0.3, -0.25) is 4.79 Å². The highest BCUT2D eigenvalue weighted by molar-refractivity contribution is 6.44. The van der Waals surface area contributed by atoms with Crippen molar-refractivity contribution in [2.45, 2.75) is 19.3 Å². The summed E-state index contributed by atoms with van der Waals surface area (Å²) in [6.45, 7) is 0. The summed E-state index contributed by atoms with van der Waals surface area (Å²) >= 11 is 17.7. The van der Waals surface area contributed by atoms with Crippen LogP contribution in [0.4, 0.5) is 5.69 Å². The number of benzene rings is 1. The summed E-state index contributed by atoms with van der Waals surface area (Å²) in [7, 11) is 0. The highest BCUT2D eigenvalue weighted by atomic mass is 35.5. The second kappa shape index (κ2) is 5.96. The van der Waals surface area contributed by atoms with E-state index >= 15 is 0 Å². The van der Waals surface area contributed by atoms with Crippen LogP contribution in [0.1, 0.15) is 19.3 Å². The SMILES string of the molecule is O=C(Nc1cc(Cl)c(Cl)cc1Cl)C1CC=CCC1. The Balaban J connectivity index is 2.11. The molecule has 1 aliphatic rings. The summed E-state index contributed by atoms with van der Waals surface area (Å²) in [5, 5.41) is 3.94. The van der Waals surface area contributed by atoms with Gasteiger partial charge in [-0.2, -0.15) is 0 Å². The van der Waals surface area contributed by atoms with Crippen molar-refractivity contribution in [1.29, 1.82) is 0 Å². The van der Waals surface area contributed by atoms with Gasteiger partial charge in [-0.05, 0) is 31.4 Å². The van der Waals surface area contributed by atoms with E-state index in [-0.39, 0.29) is 11.8 Å². The molecular weight excluding hydrogens is 293 g/mol. The van der Waals surface area contributed by atoms with E-state index in [1.807, 2.05) is 6.08 Å². The van der Waals surface area contributed by atoms with Crippen molar-refractivity contribution in [3.8, 4) is 0 Å². The molecular formula is C13H12Cl3NO. The van der Waals surface area contributed by atoms with Crippen molar-refractivity contribution >= 4 is 46.4 Å². The third-order valence-electron chi connectivity index (χ3n) is 2.91. The molecule has 96 valence electrons. The Morgan fingerprint density at radius 3 is 2.50 bits per heavy atom. The minimum Gasteiger partial charge on any atom is -0.324 e. The summed E-state index contributed by atoms with van der Waals surface area (Å²) in [6, 6.07) is 3.10. The molecule has 1 N–H and O–H groups in total. The lowest BCUT2D eigenvalue weighted by Gasteiger charge is -2.18. The van der Waals surface area contributed by atoms with Crippen LogP contribution < -0.4 is 5.32 Å². The minimum absolute atomic E-state index is 0.000482. The number of hydrogen-bond donors (Lipinski definition) is 1. The highest BCUT2D eigenvalue weighted by Gasteiger charge is 2.19. The van der Waals surface area contributed by atoms with Gasteiger partial charge in [-0.15, -0.1) is 0 Å². The monoisotopic (exact) mass is 303 g/mol. The van der Waals surface area contributed by atoms with E-state index in [0.29, 0.717) is 20.8 Å². The lowest BCUT2D eigenvalue weighted by Crippen LogP contribution is -2.23. The van der Waals surface area contributed by atoms with Gasteiger partial charge in [-0.25, -0.2) is 0 Å². The van der Waals surface area contributed by atoms with E-state index in [1.165, 1.54) is 6.07 Å². The van der Waals surface area contributed by atoms with Crippen LogP contribution in [0.2, 0.25) is 15.1 Å². The van der Waals surface area contributed by atoms with Gasteiger partial charge in [0.25, 0.3) is 0 Å². The maximum Gasteiger partial charge on any atom is 0.227 e. The standard InChI is InChI=1S/C13H12Cl3NO/c14-9-6-11(16)12(7-10(9)15)17-13(18)8-4-2-1-3-5-8/h1-2,6-8H,3-5H2,(H,17,18). The average molecular weight is 305 g/mol. The molecule has 0 fully saturated rings. The van der Waals surface area contributed by atoms with Gasteiger partial charge in [0, 0.05) is 5.92 Å². The zero-order valence-electron chi connectivity index (χ0n) is 9.55. The van der Waals surface area contributed by atoms with Crippen LogP contribution in [-0.4, -0.2) is 5.91 Å². The molecule has 0 spiro atoms. The van der Waals surface area contributed by atoms with Crippen LogP contribution in [0, 0.1) is 5.92 Å². The number of halogens is 3. The Bertz CT molecular complexity index is 499. The highest BCUT2D eigenvalue weighted by Crippen LogP contribution is 2.33. The van der Waals surface area contributed by atoms with E-state index in [1.54, 1.807) is 6.07 Å². The fourth-order valence-electron chi connectivity index (χ4n) is 1.88. The predicted molar refractivity (Wildman–Crippen MR) is 76.6 cm³/mol. The number of rotatable bonds is 2. The number of carbonyl (C=O) groups excluding carboxylic acids is 1. The lowest BCUT2D eigenvalue weighted by atomic mass is 9.93.